The van der Waals surface area contributed by atoms with Crippen LogP contribution in [-0.2, 0) is 11.2 Å². The highest BCUT2D eigenvalue weighted by Crippen LogP contribution is 2.30. The molecule has 1 aliphatic heterocycles. The first-order valence-corrected chi connectivity index (χ1v) is 6.93. The van der Waals surface area contributed by atoms with E-state index >= 15 is 0 Å². The van der Waals surface area contributed by atoms with E-state index in [2.05, 4.69) is 15.6 Å². The molecule has 3 rings (SSSR count). The molecule has 1 amide bonds. The minimum Gasteiger partial charge on any atom is -0.375 e. The Labute approximate surface area is 122 Å². The van der Waals surface area contributed by atoms with Crippen molar-refractivity contribution in [3.63, 3.8) is 0 Å². The maximum atomic E-state index is 14.2. The topological polar surface area (TPSA) is 54.0 Å². The van der Waals surface area contributed by atoms with Crippen LogP contribution < -0.4 is 10.6 Å². The molecule has 1 unspecified atom stereocenters. The molecule has 0 saturated carbocycles. The maximum Gasteiger partial charge on any atom is 0.224 e. The van der Waals surface area contributed by atoms with E-state index < -0.39 is 0 Å². The van der Waals surface area contributed by atoms with Gasteiger partial charge in [0.15, 0.2) is 0 Å². The molecule has 0 fully saturated rings. The third-order valence-electron chi connectivity index (χ3n) is 3.59. The van der Waals surface area contributed by atoms with E-state index in [1.54, 1.807) is 12.3 Å². The Hall–Kier alpha value is -2.43. The molecule has 0 aliphatic carbocycles. The Bertz CT molecular complexity index is 673. The Morgan fingerprint density at radius 3 is 2.95 bits per heavy atom. The Morgan fingerprint density at radius 1 is 1.33 bits per heavy atom. The molecule has 1 aliphatic rings. The molecule has 0 bridgehead atoms. The van der Waals surface area contributed by atoms with Crippen molar-refractivity contribution in [2.75, 3.05) is 10.6 Å². The number of hydrogen-bond acceptors (Lipinski definition) is 3. The van der Waals surface area contributed by atoms with Crippen molar-refractivity contribution in [3.8, 4) is 0 Å². The first-order chi connectivity index (χ1) is 10.1. The molecular formula is C16H16FN3O. The minimum absolute atomic E-state index is 0.0298. The summed E-state index contributed by atoms with van der Waals surface area (Å²) >= 11 is 0. The smallest absolute Gasteiger partial charge is 0.224 e. The van der Waals surface area contributed by atoms with Gasteiger partial charge in [0.05, 0.1) is 17.4 Å². The van der Waals surface area contributed by atoms with Gasteiger partial charge in [-0.3, -0.25) is 9.78 Å². The molecule has 2 N–H and O–H groups in total. The van der Waals surface area contributed by atoms with Gasteiger partial charge in [0, 0.05) is 18.3 Å². The van der Waals surface area contributed by atoms with Crippen molar-refractivity contribution in [2.24, 2.45) is 0 Å². The van der Waals surface area contributed by atoms with Crippen LogP contribution in [0.2, 0.25) is 0 Å². The molecule has 2 heterocycles. The molecule has 1 atom stereocenters. The van der Waals surface area contributed by atoms with Gasteiger partial charge < -0.3 is 10.6 Å². The first-order valence-electron chi connectivity index (χ1n) is 6.93. The highest BCUT2D eigenvalue weighted by atomic mass is 19.1. The number of amides is 1. The summed E-state index contributed by atoms with van der Waals surface area (Å²) in [5.41, 5.74) is 2.72. The number of carbonyl (C=O) groups excluding carboxylic acids is 1. The average Bonchev–Trinajstić information content (AvgIpc) is 2.49. The van der Waals surface area contributed by atoms with Crippen molar-refractivity contribution in [3.05, 3.63) is 53.6 Å². The lowest BCUT2D eigenvalue weighted by atomic mass is 10.0. The van der Waals surface area contributed by atoms with Crippen LogP contribution in [-0.4, -0.2) is 10.9 Å². The number of hydrogen-bond donors (Lipinski definition) is 2. The lowest BCUT2D eigenvalue weighted by Gasteiger charge is -2.21. The molecule has 0 radical (unpaired) electrons. The number of nitrogens with one attached hydrogen (secondary N) is 2. The highest BCUT2D eigenvalue weighted by Gasteiger charge is 2.18. The van der Waals surface area contributed by atoms with Crippen LogP contribution in [0.1, 0.15) is 30.6 Å². The third kappa shape index (κ3) is 2.86. The second-order valence-electron chi connectivity index (χ2n) is 5.16. The van der Waals surface area contributed by atoms with Crippen LogP contribution >= 0.6 is 0 Å². The number of halogens is 1. The number of carbonyl (C=O) groups is 1. The molecule has 0 spiro atoms. The van der Waals surface area contributed by atoms with E-state index in [4.69, 9.17) is 0 Å². The van der Waals surface area contributed by atoms with Crippen LogP contribution in [0.3, 0.4) is 0 Å². The van der Waals surface area contributed by atoms with E-state index in [1.165, 1.54) is 6.07 Å². The SMILES string of the molecule is CC(Nc1cc2c(cc1F)CCC(=O)N2)c1ccccn1. The summed E-state index contributed by atoms with van der Waals surface area (Å²) in [4.78, 5) is 15.7. The van der Waals surface area contributed by atoms with Crippen LogP contribution in [0.25, 0.3) is 0 Å². The predicted molar refractivity (Wildman–Crippen MR) is 79.6 cm³/mol. The van der Waals surface area contributed by atoms with Gasteiger partial charge >= 0.3 is 0 Å². The molecule has 1 aromatic carbocycles. The number of aryl methyl sites for hydroxylation is 1. The molecule has 5 heteroatoms. The second-order valence-corrected chi connectivity index (χ2v) is 5.16. The van der Waals surface area contributed by atoms with Crippen LogP contribution in [0.5, 0.6) is 0 Å². The number of fused-ring (bicyclic) bond motifs is 1. The van der Waals surface area contributed by atoms with Gasteiger partial charge in [-0.2, -0.15) is 0 Å². The predicted octanol–water partition coefficient (Wildman–Crippen LogP) is 3.28. The fourth-order valence-electron chi connectivity index (χ4n) is 2.45. The van der Waals surface area contributed by atoms with Gasteiger partial charge in [-0.25, -0.2) is 4.39 Å². The first kappa shape index (κ1) is 13.5. The number of nitrogens with zero attached hydrogens (tertiary/aromatic N) is 1. The lowest BCUT2D eigenvalue weighted by Crippen LogP contribution is -2.20. The average molecular weight is 285 g/mol. The summed E-state index contributed by atoms with van der Waals surface area (Å²) < 4.78 is 14.2. The van der Waals surface area contributed by atoms with Crippen molar-refractivity contribution >= 4 is 17.3 Å². The quantitative estimate of drug-likeness (QED) is 0.910. The van der Waals surface area contributed by atoms with E-state index in [-0.39, 0.29) is 17.8 Å². The summed E-state index contributed by atoms with van der Waals surface area (Å²) in [5, 5.41) is 5.88. The van der Waals surface area contributed by atoms with Gasteiger partial charge in [-0.15, -0.1) is 0 Å². The highest BCUT2D eigenvalue weighted by molar-refractivity contribution is 5.94. The Kier molecular flexibility index (Phi) is 3.56. The Balaban J connectivity index is 1.86. The van der Waals surface area contributed by atoms with Gasteiger partial charge in [-0.1, -0.05) is 6.07 Å². The van der Waals surface area contributed by atoms with E-state index in [1.807, 2.05) is 25.1 Å². The van der Waals surface area contributed by atoms with Crippen molar-refractivity contribution in [1.82, 2.24) is 4.98 Å². The Morgan fingerprint density at radius 2 is 2.19 bits per heavy atom. The largest absolute Gasteiger partial charge is 0.375 e. The standard InChI is InChI=1S/C16H16FN3O/c1-10(13-4-2-3-7-18-13)19-15-9-14-11(8-12(15)17)5-6-16(21)20-14/h2-4,7-10,19H,5-6H2,1H3,(H,20,21). The second kappa shape index (κ2) is 5.52. The van der Waals surface area contributed by atoms with Gasteiger partial charge in [0.1, 0.15) is 5.82 Å². The van der Waals surface area contributed by atoms with Gasteiger partial charge in [0.25, 0.3) is 0 Å². The summed E-state index contributed by atoms with van der Waals surface area (Å²) in [6.07, 6.45) is 2.69. The molecular weight excluding hydrogens is 269 g/mol. The zero-order chi connectivity index (χ0) is 14.8. The number of pyridine rings is 1. The van der Waals surface area contributed by atoms with E-state index in [9.17, 15) is 9.18 Å². The summed E-state index contributed by atoms with van der Waals surface area (Å²) in [6.45, 7) is 1.92. The summed E-state index contributed by atoms with van der Waals surface area (Å²) in [6, 6.07) is 8.63. The third-order valence-corrected chi connectivity index (χ3v) is 3.59. The molecule has 108 valence electrons. The van der Waals surface area contributed by atoms with Crippen LogP contribution in [0.4, 0.5) is 15.8 Å². The van der Waals surface area contributed by atoms with E-state index in [0.29, 0.717) is 24.2 Å². The van der Waals surface area contributed by atoms with Crippen molar-refractivity contribution in [1.29, 1.82) is 0 Å². The number of rotatable bonds is 3. The van der Waals surface area contributed by atoms with Crippen molar-refractivity contribution in [2.45, 2.75) is 25.8 Å². The van der Waals surface area contributed by atoms with Crippen LogP contribution in [0, 0.1) is 5.82 Å². The molecule has 1 aromatic heterocycles. The zero-order valence-corrected chi connectivity index (χ0v) is 11.7. The summed E-state index contributed by atoms with van der Waals surface area (Å²) in [5.74, 6) is -0.342. The molecule has 0 saturated heterocycles. The summed E-state index contributed by atoms with van der Waals surface area (Å²) in [7, 11) is 0. The monoisotopic (exact) mass is 285 g/mol. The fraction of sp³-hybridized carbons (Fsp3) is 0.250. The van der Waals surface area contributed by atoms with Crippen molar-refractivity contribution < 1.29 is 9.18 Å². The fourth-order valence-corrected chi connectivity index (χ4v) is 2.45. The molecule has 4 nitrogen and oxygen atoms in total. The number of benzene rings is 1. The normalized spacial score (nSPS) is 15.0. The van der Waals surface area contributed by atoms with Gasteiger partial charge in [-0.05, 0) is 43.2 Å². The maximum absolute atomic E-state index is 14.2. The number of aromatic nitrogens is 1. The minimum atomic E-state index is -0.312. The zero-order valence-electron chi connectivity index (χ0n) is 11.7. The number of anilines is 2. The van der Waals surface area contributed by atoms with E-state index in [0.717, 1.165) is 11.3 Å². The van der Waals surface area contributed by atoms with Crippen LogP contribution in [0.15, 0.2) is 36.5 Å². The lowest BCUT2D eigenvalue weighted by molar-refractivity contribution is -0.116. The molecule has 2 aromatic rings. The van der Waals surface area contributed by atoms with Gasteiger partial charge in [0.2, 0.25) is 5.91 Å². The molecule has 21 heavy (non-hydrogen) atoms.